The van der Waals surface area contributed by atoms with Crippen LogP contribution in [0.2, 0.25) is 0 Å². The van der Waals surface area contributed by atoms with E-state index in [1.807, 2.05) is 0 Å². The average Bonchev–Trinajstić information content (AvgIpc) is 2.82. The van der Waals surface area contributed by atoms with Gasteiger partial charge in [0.2, 0.25) is 0 Å². The summed E-state index contributed by atoms with van der Waals surface area (Å²) < 4.78 is 13.1. The Labute approximate surface area is 144 Å². The van der Waals surface area contributed by atoms with Crippen molar-refractivity contribution in [2.75, 3.05) is 0 Å². The molecule has 0 fully saturated rings. The van der Waals surface area contributed by atoms with Gasteiger partial charge in [-0.05, 0) is 51.0 Å². The number of carboxylic acid groups (broad SMARTS) is 1. The number of nitrogens with one attached hydrogen (secondary N) is 2. The van der Waals surface area contributed by atoms with Crippen molar-refractivity contribution in [1.29, 1.82) is 0 Å². The van der Waals surface area contributed by atoms with E-state index in [-0.39, 0.29) is 17.0 Å². The normalized spacial score (nSPS) is 13.2. The van der Waals surface area contributed by atoms with E-state index in [1.165, 1.54) is 26.0 Å². The number of Topliss-reactive ketones (excluding diaryl/α,β-unsaturated/α-hetero) is 1. The van der Waals surface area contributed by atoms with Gasteiger partial charge in [0.25, 0.3) is 5.91 Å². The maximum atomic E-state index is 13.1. The van der Waals surface area contributed by atoms with Crippen LogP contribution in [0.5, 0.6) is 0 Å². The lowest BCUT2D eigenvalue weighted by molar-refractivity contribution is -0.144. The van der Waals surface area contributed by atoms with Gasteiger partial charge in [0.15, 0.2) is 11.3 Å². The number of carbonyl (C=O) groups excluding carboxylic acids is 2. The van der Waals surface area contributed by atoms with Crippen molar-refractivity contribution >= 4 is 17.7 Å². The summed E-state index contributed by atoms with van der Waals surface area (Å²) in [4.78, 5) is 38.9. The molecule has 25 heavy (non-hydrogen) atoms. The van der Waals surface area contributed by atoms with E-state index in [0.29, 0.717) is 16.8 Å². The van der Waals surface area contributed by atoms with Crippen LogP contribution < -0.4 is 5.32 Å². The van der Waals surface area contributed by atoms with Crippen molar-refractivity contribution in [1.82, 2.24) is 10.3 Å². The van der Waals surface area contributed by atoms with Crippen LogP contribution in [0.4, 0.5) is 4.39 Å². The first-order valence-corrected chi connectivity index (χ1v) is 7.60. The molecule has 1 amide bonds. The third-order valence-corrected chi connectivity index (χ3v) is 4.23. The molecule has 0 bridgehead atoms. The quantitative estimate of drug-likeness (QED) is 0.725. The Bertz CT molecular complexity index is 855. The summed E-state index contributed by atoms with van der Waals surface area (Å²) in [5, 5.41) is 12.1. The van der Waals surface area contributed by atoms with Gasteiger partial charge in [-0.3, -0.25) is 9.59 Å². The van der Waals surface area contributed by atoms with Gasteiger partial charge in [0.1, 0.15) is 11.5 Å². The minimum Gasteiger partial charge on any atom is -0.479 e. The molecule has 0 aliphatic carbocycles. The predicted octanol–water partition coefficient (Wildman–Crippen LogP) is 2.70. The number of aliphatic carboxylic acids is 1. The second kappa shape index (κ2) is 6.51. The standard InChI is InChI=1S/C18H19FN2O4/c1-9-14(11(3)22)10(2)20-15(9)16(23)21-18(4,17(24)25)12-5-7-13(19)8-6-12/h5-8,20H,1-4H3,(H,21,23)(H,24,25). The summed E-state index contributed by atoms with van der Waals surface area (Å²) in [5.41, 5.74) is -0.0147. The van der Waals surface area contributed by atoms with Gasteiger partial charge in [-0.15, -0.1) is 0 Å². The molecule has 132 valence electrons. The summed E-state index contributed by atoms with van der Waals surface area (Å²) in [7, 11) is 0. The zero-order chi connectivity index (χ0) is 18.9. The second-order valence-corrected chi connectivity index (χ2v) is 6.07. The van der Waals surface area contributed by atoms with Crippen LogP contribution in [0.1, 0.15) is 51.5 Å². The summed E-state index contributed by atoms with van der Waals surface area (Å²) in [6.45, 7) is 5.99. The number of carboxylic acids is 1. The molecule has 1 heterocycles. The highest BCUT2D eigenvalue weighted by atomic mass is 19.1. The Kier molecular flexibility index (Phi) is 4.78. The van der Waals surface area contributed by atoms with Crippen LogP contribution >= 0.6 is 0 Å². The summed E-state index contributed by atoms with van der Waals surface area (Å²) >= 11 is 0. The van der Waals surface area contributed by atoms with Crippen LogP contribution in [-0.4, -0.2) is 27.8 Å². The van der Waals surface area contributed by atoms with Crippen LogP contribution in [0.15, 0.2) is 24.3 Å². The Hall–Kier alpha value is -2.96. The summed E-state index contributed by atoms with van der Waals surface area (Å²) in [5.74, 6) is -2.66. The van der Waals surface area contributed by atoms with Crippen molar-refractivity contribution in [2.45, 2.75) is 33.2 Å². The van der Waals surface area contributed by atoms with Gasteiger partial charge < -0.3 is 15.4 Å². The van der Waals surface area contributed by atoms with Crippen molar-refractivity contribution in [3.05, 3.63) is 58.2 Å². The first-order valence-electron chi connectivity index (χ1n) is 7.60. The number of halogens is 1. The molecule has 1 aromatic carbocycles. The Morgan fingerprint density at radius 3 is 2.16 bits per heavy atom. The molecule has 1 atom stereocenters. The molecule has 0 saturated carbocycles. The lowest BCUT2D eigenvalue weighted by Gasteiger charge is -2.26. The zero-order valence-corrected chi connectivity index (χ0v) is 14.4. The Morgan fingerprint density at radius 2 is 1.72 bits per heavy atom. The van der Waals surface area contributed by atoms with Gasteiger partial charge in [-0.2, -0.15) is 0 Å². The topological polar surface area (TPSA) is 99.3 Å². The molecule has 2 aromatic rings. The van der Waals surface area contributed by atoms with Gasteiger partial charge in [0, 0.05) is 11.3 Å². The number of aromatic amines is 1. The minimum atomic E-state index is -1.76. The first kappa shape index (κ1) is 18.4. The molecule has 1 unspecified atom stereocenters. The van der Waals surface area contributed by atoms with Crippen molar-refractivity contribution in [3.8, 4) is 0 Å². The van der Waals surface area contributed by atoms with E-state index in [4.69, 9.17) is 0 Å². The van der Waals surface area contributed by atoms with Gasteiger partial charge in [-0.25, -0.2) is 9.18 Å². The van der Waals surface area contributed by atoms with Crippen molar-refractivity contribution in [2.24, 2.45) is 0 Å². The van der Waals surface area contributed by atoms with Crippen LogP contribution in [0.3, 0.4) is 0 Å². The number of carbonyl (C=O) groups is 3. The SMILES string of the molecule is CC(=O)c1c(C)[nH]c(C(=O)NC(C)(C(=O)O)c2ccc(F)cc2)c1C. The molecule has 7 heteroatoms. The molecule has 2 rings (SSSR count). The highest BCUT2D eigenvalue weighted by Crippen LogP contribution is 2.24. The van der Waals surface area contributed by atoms with Crippen molar-refractivity contribution < 1.29 is 23.9 Å². The minimum absolute atomic E-state index is 0.122. The molecule has 1 aromatic heterocycles. The molecular weight excluding hydrogens is 327 g/mol. The Morgan fingerprint density at radius 1 is 1.16 bits per heavy atom. The fourth-order valence-electron chi connectivity index (χ4n) is 2.83. The van der Waals surface area contributed by atoms with E-state index in [9.17, 15) is 23.9 Å². The fourth-order valence-corrected chi connectivity index (χ4v) is 2.83. The molecule has 0 aliphatic heterocycles. The van der Waals surface area contributed by atoms with E-state index < -0.39 is 23.2 Å². The first-order chi connectivity index (χ1) is 11.6. The lowest BCUT2D eigenvalue weighted by Crippen LogP contribution is -2.49. The lowest BCUT2D eigenvalue weighted by atomic mass is 9.91. The monoisotopic (exact) mass is 346 g/mol. The van der Waals surface area contributed by atoms with Crippen LogP contribution in [-0.2, 0) is 10.3 Å². The number of hydrogen-bond donors (Lipinski definition) is 3. The zero-order valence-electron chi connectivity index (χ0n) is 14.4. The number of amides is 1. The smallest absolute Gasteiger partial charge is 0.333 e. The summed E-state index contributed by atoms with van der Waals surface area (Å²) in [6.07, 6.45) is 0. The Balaban J connectivity index is 2.43. The van der Waals surface area contributed by atoms with E-state index in [0.717, 1.165) is 12.1 Å². The molecule has 3 N–H and O–H groups in total. The van der Waals surface area contributed by atoms with Gasteiger partial charge in [-0.1, -0.05) is 12.1 Å². The number of rotatable bonds is 5. The third kappa shape index (κ3) is 3.31. The highest BCUT2D eigenvalue weighted by Gasteiger charge is 2.38. The predicted molar refractivity (Wildman–Crippen MR) is 89.1 cm³/mol. The van der Waals surface area contributed by atoms with Crippen LogP contribution in [0.25, 0.3) is 0 Å². The molecular formula is C18H19FN2O4. The number of aromatic nitrogens is 1. The number of ketones is 1. The molecule has 0 radical (unpaired) electrons. The van der Waals surface area contributed by atoms with Crippen LogP contribution in [0, 0.1) is 19.7 Å². The largest absolute Gasteiger partial charge is 0.479 e. The van der Waals surface area contributed by atoms with E-state index in [1.54, 1.807) is 13.8 Å². The molecule has 0 saturated heterocycles. The molecule has 0 spiro atoms. The number of H-pyrrole nitrogens is 1. The molecule has 0 aliphatic rings. The summed E-state index contributed by atoms with van der Waals surface area (Å²) in [6, 6.07) is 4.86. The maximum Gasteiger partial charge on any atom is 0.333 e. The van der Waals surface area contributed by atoms with Gasteiger partial charge in [0.05, 0.1) is 0 Å². The average molecular weight is 346 g/mol. The number of aryl methyl sites for hydroxylation is 1. The van der Waals surface area contributed by atoms with E-state index >= 15 is 0 Å². The third-order valence-electron chi connectivity index (χ3n) is 4.23. The van der Waals surface area contributed by atoms with E-state index in [2.05, 4.69) is 10.3 Å². The maximum absolute atomic E-state index is 13.1. The highest BCUT2D eigenvalue weighted by molar-refractivity contribution is 6.03. The number of benzene rings is 1. The van der Waals surface area contributed by atoms with Crippen molar-refractivity contribution in [3.63, 3.8) is 0 Å². The second-order valence-electron chi connectivity index (χ2n) is 6.07. The molecule has 6 nitrogen and oxygen atoms in total. The fraction of sp³-hybridized carbons (Fsp3) is 0.278. The number of hydrogen-bond acceptors (Lipinski definition) is 3. The van der Waals surface area contributed by atoms with Gasteiger partial charge >= 0.3 is 5.97 Å².